The Balaban J connectivity index is 2.02. The number of carbonyl (C=O) groups excluding carboxylic acids is 1. The molecule has 1 heterocycles. The summed E-state index contributed by atoms with van der Waals surface area (Å²) in [6.45, 7) is 1.79. The summed E-state index contributed by atoms with van der Waals surface area (Å²) in [5, 5.41) is 6.43. The Morgan fingerprint density at radius 3 is 3.05 bits per heavy atom. The molecular formula is C14H18ClFN2O2. The van der Waals surface area contributed by atoms with Gasteiger partial charge >= 0.3 is 0 Å². The van der Waals surface area contributed by atoms with Crippen LogP contribution in [0.25, 0.3) is 0 Å². The first-order chi connectivity index (χ1) is 9.56. The highest BCUT2D eigenvalue weighted by molar-refractivity contribution is 6.30. The first kappa shape index (κ1) is 15.2. The van der Waals surface area contributed by atoms with E-state index < -0.39 is 11.7 Å². The Kier molecular flexibility index (Phi) is 4.96. The smallest absolute Gasteiger partial charge is 0.254 e. The van der Waals surface area contributed by atoms with Gasteiger partial charge in [-0.05, 0) is 37.6 Å². The standard InChI is InChI=1S/C14H18ClFN2O2/c1-20-9-14(5-2-6-18-14)8-17-13(19)11-7-10(15)3-4-12(11)16/h3-4,7,18H,2,5-6,8-9H2,1H3,(H,17,19). The van der Waals surface area contributed by atoms with Crippen molar-refractivity contribution < 1.29 is 13.9 Å². The molecule has 110 valence electrons. The second-order valence-electron chi connectivity index (χ2n) is 5.05. The van der Waals surface area contributed by atoms with Gasteiger partial charge in [-0.25, -0.2) is 4.39 Å². The molecule has 0 saturated carbocycles. The van der Waals surface area contributed by atoms with Crippen molar-refractivity contribution in [3.05, 3.63) is 34.6 Å². The average molecular weight is 301 g/mol. The number of ether oxygens (including phenoxy) is 1. The molecule has 0 aliphatic carbocycles. The number of halogens is 2. The lowest BCUT2D eigenvalue weighted by Crippen LogP contribution is -2.53. The van der Waals surface area contributed by atoms with E-state index in [9.17, 15) is 9.18 Å². The third-order valence-electron chi connectivity index (χ3n) is 3.51. The zero-order valence-electron chi connectivity index (χ0n) is 11.3. The normalized spacial score (nSPS) is 21.9. The highest BCUT2D eigenvalue weighted by atomic mass is 35.5. The fourth-order valence-electron chi connectivity index (χ4n) is 2.49. The lowest BCUT2D eigenvalue weighted by atomic mass is 9.98. The molecular weight excluding hydrogens is 283 g/mol. The molecule has 4 nitrogen and oxygen atoms in total. The van der Waals surface area contributed by atoms with Gasteiger partial charge in [-0.3, -0.25) is 4.79 Å². The van der Waals surface area contributed by atoms with Gasteiger partial charge in [0.1, 0.15) is 5.82 Å². The fourth-order valence-corrected chi connectivity index (χ4v) is 2.66. The Labute approximate surface area is 122 Å². The Hall–Kier alpha value is -1.17. The molecule has 1 unspecified atom stereocenters. The van der Waals surface area contributed by atoms with Crippen LogP contribution in [0.1, 0.15) is 23.2 Å². The predicted octanol–water partition coefficient (Wildman–Crippen LogP) is 1.98. The predicted molar refractivity (Wildman–Crippen MR) is 75.6 cm³/mol. The van der Waals surface area contributed by atoms with Crippen molar-refractivity contribution >= 4 is 17.5 Å². The van der Waals surface area contributed by atoms with Crippen LogP contribution in [0.4, 0.5) is 4.39 Å². The molecule has 0 spiro atoms. The number of amides is 1. The molecule has 20 heavy (non-hydrogen) atoms. The molecule has 2 N–H and O–H groups in total. The van der Waals surface area contributed by atoms with Crippen molar-refractivity contribution in [3.8, 4) is 0 Å². The molecule has 0 bridgehead atoms. The summed E-state index contributed by atoms with van der Waals surface area (Å²) in [6.07, 6.45) is 1.95. The van der Waals surface area contributed by atoms with E-state index in [-0.39, 0.29) is 11.1 Å². The van der Waals surface area contributed by atoms with Gasteiger partial charge in [-0.2, -0.15) is 0 Å². The quantitative estimate of drug-likeness (QED) is 0.874. The number of hydrogen-bond acceptors (Lipinski definition) is 3. The summed E-state index contributed by atoms with van der Waals surface area (Å²) >= 11 is 5.79. The van der Waals surface area contributed by atoms with E-state index >= 15 is 0 Å². The van der Waals surface area contributed by atoms with Gasteiger partial charge < -0.3 is 15.4 Å². The van der Waals surface area contributed by atoms with Crippen molar-refractivity contribution in [3.63, 3.8) is 0 Å². The van der Waals surface area contributed by atoms with E-state index in [1.165, 1.54) is 18.2 Å². The second-order valence-corrected chi connectivity index (χ2v) is 5.49. The summed E-state index contributed by atoms with van der Waals surface area (Å²) in [7, 11) is 1.63. The average Bonchev–Trinajstić information content (AvgIpc) is 2.88. The molecule has 0 radical (unpaired) electrons. The monoisotopic (exact) mass is 300 g/mol. The van der Waals surface area contributed by atoms with E-state index in [1.54, 1.807) is 7.11 Å². The summed E-state index contributed by atoms with van der Waals surface area (Å²) in [5.41, 5.74) is -0.303. The molecule has 1 atom stereocenters. The van der Waals surface area contributed by atoms with Crippen LogP contribution in [0, 0.1) is 5.82 Å². The molecule has 6 heteroatoms. The SMILES string of the molecule is COCC1(CNC(=O)c2cc(Cl)ccc2F)CCCN1. The van der Waals surface area contributed by atoms with Crippen LogP contribution in [-0.2, 0) is 4.74 Å². The van der Waals surface area contributed by atoms with Gasteiger partial charge in [-0.1, -0.05) is 11.6 Å². The molecule has 1 saturated heterocycles. The van der Waals surface area contributed by atoms with Crippen molar-refractivity contribution in [2.24, 2.45) is 0 Å². The van der Waals surface area contributed by atoms with Crippen molar-refractivity contribution in [1.82, 2.24) is 10.6 Å². The number of nitrogens with one attached hydrogen (secondary N) is 2. The summed E-state index contributed by atoms with van der Waals surface area (Å²) in [5.74, 6) is -1.04. The Morgan fingerprint density at radius 1 is 1.60 bits per heavy atom. The molecule has 0 aromatic heterocycles. The van der Waals surface area contributed by atoms with Crippen molar-refractivity contribution in [1.29, 1.82) is 0 Å². The summed E-state index contributed by atoms with van der Waals surface area (Å²) < 4.78 is 18.8. The first-order valence-electron chi connectivity index (χ1n) is 6.53. The minimum atomic E-state index is -0.577. The minimum Gasteiger partial charge on any atom is -0.383 e. The molecule has 1 aromatic rings. The van der Waals surface area contributed by atoms with Gasteiger partial charge in [0.25, 0.3) is 5.91 Å². The maximum atomic E-state index is 13.6. The van der Waals surface area contributed by atoms with Crippen LogP contribution in [0.15, 0.2) is 18.2 Å². The van der Waals surface area contributed by atoms with Crippen LogP contribution in [-0.4, -0.2) is 38.3 Å². The van der Waals surface area contributed by atoms with Gasteiger partial charge in [0.2, 0.25) is 0 Å². The third-order valence-corrected chi connectivity index (χ3v) is 3.75. The van der Waals surface area contributed by atoms with Crippen molar-refractivity contribution in [2.45, 2.75) is 18.4 Å². The third kappa shape index (κ3) is 3.48. The number of carbonyl (C=O) groups is 1. The van der Waals surface area contributed by atoms with Gasteiger partial charge in [0, 0.05) is 18.7 Å². The number of rotatable bonds is 5. The Morgan fingerprint density at radius 2 is 2.40 bits per heavy atom. The van der Waals surface area contributed by atoms with E-state index in [1.807, 2.05) is 0 Å². The van der Waals surface area contributed by atoms with Crippen LogP contribution in [0.5, 0.6) is 0 Å². The van der Waals surface area contributed by atoms with Gasteiger partial charge in [0.05, 0.1) is 17.7 Å². The topological polar surface area (TPSA) is 50.4 Å². The zero-order valence-corrected chi connectivity index (χ0v) is 12.1. The highest BCUT2D eigenvalue weighted by Gasteiger charge is 2.34. The molecule has 1 aliphatic rings. The molecule has 1 aromatic carbocycles. The van der Waals surface area contributed by atoms with E-state index in [0.29, 0.717) is 18.2 Å². The summed E-state index contributed by atoms with van der Waals surface area (Å²) in [6, 6.07) is 3.94. The number of hydrogen-bond donors (Lipinski definition) is 2. The minimum absolute atomic E-state index is 0.0388. The number of methoxy groups -OCH3 is 1. The summed E-state index contributed by atoms with van der Waals surface area (Å²) in [4.78, 5) is 12.0. The van der Waals surface area contributed by atoms with Crippen molar-refractivity contribution in [2.75, 3.05) is 26.8 Å². The molecule has 2 rings (SSSR count). The van der Waals surface area contributed by atoms with Crippen LogP contribution >= 0.6 is 11.6 Å². The first-order valence-corrected chi connectivity index (χ1v) is 6.91. The largest absolute Gasteiger partial charge is 0.383 e. The number of benzene rings is 1. The molecule has 1 amide bonds. The van der Waals surface area contributed by atoms with E-state index in [4.69, 9.17) is 16.3 Å². The van der Waals surface area contributed by atoms with E-state index in [2.05, 4.69) is 10.6 Å². The van der Waals surface area contributed by atoms with Crippen LogP contribution < -0.4 is 10.6 Å². The second kappa shape index (κ2) is 6.52. The maximum Gasteiger partial charge on any atom is 0.254 e. The Bertz CT molecular complexity index is 490. The molecule has 1 fully saturated rings. The lowest BCUT2D eigenvalue weighted by Gasteiger charge is -2.29. The fraction of sp³-hybridized carbons (Fsp3) is 0.500. The van der Waals surface area contributed by atoms with Gasteiger partial charge in [0.15, 0.2) is 0 Å². The highest BCUT2D eigenvalue weighted by Crippen LogP contribution is 2.19. The molecule has 1 aliphatic heterocycles. The maximum absolute atomic E-state index is 13.6. The van der Waals surface area contributed by atoms with Crippen LogP contribution in [0.3, 0.4) is 0 Å². The zero-order chi connectivity index (χ0) is 14.6. The van der Waals surface area contributed by atoms with Gasteiger partial charge in [-0.15, -0.1) is 0 Å². The van der Waals surface area contributed by atoms with Crippen LogP contribution in [0.2, 0.25) is 5.02 Å². The van der Waals surface area contributed by atoms with E-state index in [0.717, 1.165) is 19.4 Å². The lowest BCUT2D eigenvalue weighted by molar-refractivity contribution is 0.0888.